The molecule has 0 amide bonds. The third-order valence-electron chi connectivity index (χ3n) is 6.49. The number of para-hydroxylation sites is 1. The number of piperazine rings is 1. The first kappa shape index (κ1) is 26.8. The zero-order valence-corrected chi connectivity index (χ0v) is 23.0. The van der Waals surface area contributed by atoms with Crippen molar-refractivity contribution in [2.75, 3.05) is 69.7 Å². The van der Waals surface area contributed by atoms with Crippen LogP contribution in [0.3, 0.4) is 0 Å². The molecule has 40 heavy (non-hydrogen) atoms. The minimum atomic E-state index is 0.396. The van der Waals surface area contributed by atoms with Crippen molar-refractivity contribution >= 4 is 34.9 Å². The van der Waals surface area contributed by atoms with Crippen LogP contribution >= 0.6 is 0 Å². The SMILES string of the molecule is COc1ccc(Nc2nc(N3CCNCC3)nc(N(c3ccccc3)c3ccc(OC)c(OC)c3)n2)cc1OC. The van der Waals surface area contributed by atoms with Crippen LogP contribution in [0.1, 0.15) is 0 Å². The van der Waals surface area contributed by atoms with Crippen LogP contribution in [0.25, 0.3) is 0 Å². The summed E-state index contributed by atoms with van der Waals surface area (Å²) in [4.78, 5) is 18.8. The lowest BCUT2D eigenvalue weighted by molar-refractivity contribution is 0.355. The zero-order valence-electron chi connectivity index (χ0n) is 23.0. The molecule has 1 aliphatic heterocycles. The van der Waals surface area contributed by atoms with Crippen LogP contribution in [0.2, 0.25) is 0 Å². The molecule has 3 aromatic carbocycles. The Labute approximate surface area is 233 Å². The summed E-state index contributed by atoms with van der Waals surface area (Å²) in [5.74, 6) is 3.89. The van der Waals surface area contributed by atoms with Crippen molar-refractivity contribution in [2.24, 2.45) is 0 Å². The molecule has 11 nitrogen and oxygen atoms in total. The number of ether oxygens (including phenoxy) is 4. The predicted octanol–water partition coefficient (Wildman–Crippen LogP) is 4.53. The van der Waals surface area contributed by atoms with E-state index in [1.165, 1.54) is 0 Å². The van der Waals surface area contributed by atoms with E-state index in [2.05, 4.69) is 15.5 Å². The summed E-state index contributed by atoms with van der Waals surface area (Å²) >= 11 is 0. The number of hydrogen-bond acceptors (Lipinski definition) is 11. The topological polar surface area (TPSA) is 106 Å². The van der Waals surface area contributed by atoms with E-state index in [1.54, 1.807) is 28.4 Å². The maximum atomic E-state index is 5.61. The first-order valence-corrected chi connectivity index (χ1v) is 12.9. The highest BCUT2D eigenvalue weighted by Gasteiger charge is 2.22. The molecule has 5 rings (SSSR count). The molecular weight excluding hydrogens is 510 g/mol. The van der Waals surface area contributed by atoms with E-state index in [0.29, 0.717) is 40.8 Å². The van der Waals surface area contributed by atoms with Gasteiger partial charge in [0.25, 0.3) is 0 Å². The van der Waals surface area contributed by atoms with Gasteiger partial charge < -0.3 is 34.5 Å². The summed E-state index contributed by atoms with van der Waals surface area (Å²) in [6.45, 7) is 3.25. The van der Waals surface area contributed by atoms with Crippen molar-refractivity contribution in [1.29, 1.82) is 0 Å². The Bertz CT molecular complexity index is 1430. The van der Waals surface area contributed by atoms with Gasteiger partial charge in [0.15, 0.2) is 23.0 Å². The van der Waals surface area contributed by atoms with Gasteiger partial charge in [0.05, 0.1) is 34.1 Å². The summed E-state index contributed by atoms with van der Waals surface area (Å²) in [5, 5.41) is 6.72. The molecule has 1 aliphatic rings. The van der Waals surface area contributed by atoms with Crippen LogP contribution in [0.15, 0.2) is 66.7 Å². The third-order valence-corrected chi connectivity index (χ3v) is 6.49. The number of hydrogen-bond donors (Lipinski definition) is 2. The highest BCUT2D eigenvalue weighted by molar-refractivity contribution is 5.75. The van der Waals surface area contributed by atoms with Gasteiger partial charge in [0.2, 0.25) is 17.8 Å². The fourth-order valence-electron chi connectivity index (χ4n) is 4.48. The number of methoxy groups -OCH3 is 4. The Kier molecular flexibility index (Phi) is 8.31. The van der Waals surface area contributed by atoms with E-state index in [9.17, 15) is 0 Å². The molecule has 2 N–H and O–H groups in total. The van der Waals surface area contributed by atoms with Crippen molar-refractivity contribution < 1.29 is 18.9 Å². The molecule has 0 aliphatic carbocycles. The number of benzene rings is 3. The third kappa shape index (κ3) is 5.79. The normalized spacial score (nSPS) is 12.9. The van der Waals surface area contributed by atoms with Gasteiger partial charge in [0.1, 0.15) is 0 Å². The Morgan fingerprint density at radius 2 is 1.35 bits per heavy atom. The molecule has 0 saturated carbocycles. The van der Waals surface area contributed by atoms with Crippen LogP contribution in [-0.2, 0) is 0 Å². The second-order valence-electron chi connectivity index (χ2n) is 8.90. The predicted molar refractivity (Wildman–Crippen MR) is 156 cm³/mol. The molecule has 0 unspecified atom stereocenters. The molecule has 1 fully saturated rings. The Balaban J connectivity index is 1.63. The molecular formula is C29H33N7O4. The fourth-order valence-corrected chi connectivity index (χ4v) is 4.48. The lowest BCUT2D eigenvalue weighted by atomic mass is 10.2. The number of aromatic nitrogens is 3. The molecule has 4 aromatic rings. The molecule has 1 saturated heterocycles. The standard InChI is InChI=1S/C29H33N7O4/c1-37-23-12-10-20(18-25(23)39-3)31-27-32-28(35-16-14-30-15-17-35)34-29(33-27)36(21-8-6-5-7-9-21)22-11-13-24(38-2)26(19-22)40-4/h5-13,18-19,30H,14-17H2,1-4H3,(H,31,32,33,34). The first-order chi connectivity index (χ1) is 19.6. The van der Waals surface area contributed by atoms with E-state index in [4.69, 9.17) is 33.9 Å². The lowest BCUT2D eigenvalue weighted by Crippen LogP contribution is -2.44. The quantitative estimate of drug-likeness (QED) is 0.295. The van der Waals surface area contributed by atoms with Crippen molar-refractivity contribution in [1.82, 2.24) is 20.3 Å². The Morgan fingerprint density at radius 1 is 0.700 bits per heavy atom. The highest BCUT2D eigenvalue weighted by Crippen LogP contribution is 2.39. The van der Waals surface area contributed by atoms with Crippen molar-refractivity contribution in [3.05, 3.63) is 66.7 Å². The summed E-state index contributed by atoms with van der Waals surface area (Å²) in [6, 6.07) is 21.2. The number of rotatable bonds is 10. The molecule has 0 bridgehead atoms. The fraction of sp³-hybridized carbons (Fsp3) is 0.276. The van der Waals surface area contributed by atoms with Gasteiger partial charge in [-0.05, 0) is 36.4 Å². The molecule has 11 heteroatoms. The largest absolute Gasteiger partial charge is 0.493 e. The van der Waals surface area contributed by atoms with E-state index in [0.717, 1.165) is 43.2 Å². The van der Waals surface area contributed by atoms with Crippen molar-refractivity contribution in [3.63, 3.8) is 0 Å². The Hall–Kier alpha value is -4.77. The van der Waals surface area contributed by atoms with E-state index in [1.807, 2.05) is 71.6 Å². The molecule has 0 radical (unpaired) electrons. The molecule has 0 spiro atoms. The smallest absolute Gasteiger partial charge is 0.241 e. The van der Waals surface area contributed by atoms with Crippen LogP contribution < -0.4 is 39.4 Å². The first-order valence-electron chi connectivity index (χ1n) is 12.9. The monoisotopic (exact) mass is 543 g/mol. The minimum Gasteiger partial charge on any atom is -0.493 e. The van der Waals surface area contributed by atoms with Crippen LogP contribution in [0, 0.1) is 0 Å². The molecule has 0 atom stereocenters. The summed E-state index contributed by atoms with van der Waals surface area (Å²) < 4.78 is 22.0. The van der Waals surface area contributed by atoms with Crippen LogP contribution in [0.5, 0.6) is 23.0 Å². The molecule has 2 heterocycles. The molecule has 1 aromatic heterocycles. The zero-order chi connectivity index (χ0) is 27.9. The maximum absolute atomic E-state index is 5.61. The van der Waals surface area contributed by atoms with Gasteiger partial charge in [-0.2, -0.15) is 15.0 Å². The summed E-state index contributed by atoms with van der Waals surface area (Å²) in [6.07, 6.45) is 0. The highest BCUT2D eigenvalue weighted by atomic mass is 16.5. The van der Waals surface area contributed by atoms with E-state index in [-0.39, 0.29) is 0 Å². The van der Waals surface area contributed by atoms with Crippen LogP contribution in [0.4, 0.5) is 34.9 Å². The Morgan fingerprint density at radius 3 is 2.02 bits per heavy atom. The second kappa shape index (κ2) is 12.4. The molecule has 208 valence electrons. The van der Waals surface area contributed by atoms with Gasteiger partial charge in [-0.1, -0.05) is 18.2 Å². The van der Waals surface area contributed by atoms with Gasteiger partial charge in [-0.3, -0.25) is 4.90 Å². The van der Waals surface area contributed by atoms with Gasteiger partial charge >= 0.3 is 0 Å². The van der Waals surface area contributed by atoms with Crippen LogP contribution in [-0.4, -0.2) is 69.6 Å². The van der Waals surface area contributed by atoms with Gasteiger partial charge in [0, 0.05) is 49.7 Å². The average molecular weight is 544 g/mol. The number of nitrogens with zero attached hydrogens (tertiary/aromatic N) is 5. The van der Waals surface area contributed by atoms with Gasteiger partial charge in [-0.25, -0.2) is 0 Å². The summed E-state index contributed by atoms with van der Waals surface area (Å²) in [7, 11) is 6.44. The van der Waals surface area contributed by atoms with Gasteiger partial charge in [-0.15, -0.1) is 0 Å². The summed E-state index contributed by atoms with van der Waals surface area (Å²) in [5.41, 5.74) is 2.43. The average Bonchev–Trinajstić information content (AvgIpc) is 3.02. The lowest BCUT2D eigenvalue weighted by Gasteiger charge is -2.29. The van der Waals surface area contributed by atoms with Crippen molar-refractivity contribution in [2.45, 2.75) is 0 Å². The minimum absolute atomic E-state index is 0.396. The second-order valence-corrected chi connectivity index (χ2v) is 8.90. The number of anilines is 6. The maximum Gasteiger partial charge on any atom is 0.241 e. The van der Waals surface area contributed by atoms with E-state index < -0.39 is 0 Å². The number of nitrogens with one attached hydrogen (secondary N) is 2. The van der Waals surface area contributed by atoms with Crippen molar-refractivity contribution in [3.8, 4) is 23.0 Å². The van der Waals surface area contributed by atoms with E-state index >= 15 is 0 Å².